The van der Waals surface area contributed by atoms with Crippen LogP contribution in [-0.4, -0.2) is 21.6 Å². The van der Waals surface area contributed by atoms with Crippen LogP contribution in [0.3, 0.4) is 0 Å². The van der Waals surface area contributed by atoms with E-state index >= 15 is 0 Å². The molecule has 0 spiro atoms. The van der Waals surface area contributed by atoms with Crippen LogP contribution in [-0.2, 0) is 16.4 Å². The second-order valence-electron chi connectivity index (χ2n) is 6.49. The Morgan fingerprint density at radius 3 is 2.42 bits per heavy atom. The highest BCUT2D eigenvalue weighted by Gasteiger charge is 2.15. The van der Waals surface area contributed by atoms with Crippen molar-refractivity contribution in [2.45, 2.75) is 18.2 Å². The smallest absolute Gasteiger partial charge is 0.240 e. The lowest BCUT2D eigenvalue weighted by Gasteiger charge is -2.12. The van der Waals surface area contributed by atoms with Crippen molar-refractivity contribution in [3.63, 3.8) is 0 Å². The molecule has 0 unspecified atom stereocenters. The fraction of sp³-hybridized carbons (Fsp3) is 0.174. The third kappa shape index (κ3) is 5.76. The summed E-state index contributed by atoms with van der Waals surface area (Å²) in [5.74, 6) is 1.45. The first-order valence-corrected chi connectivity index (χ1v) is 11.5. The van der Waals surface area contributed by atoms with Gasteiger partial charge in [0.25, 0.3) is 0 Å². The van der Waals surface area contributed by atoms with E-state index in [1.54, 1.807) is 18.2 Å². The van der Waals surface area contributed by atoms with Crippen LogP contribution in [0.5, 0.6) is 17.2 Å². The van der Waals surface area contributed by atoms with E-state index in [4.69, 9.17) is 21.1 Å². The molecule has 0 amide bonds. The Labute approximate surface area is 187 Å². The molecule has 3 aromatic carbocycles. The molecule has 0 aliphatic carbocycles. The number of hydrogen-bond donors (Lipinski definition) is 1. The van der Waals surface area contributed by atoms with Gasteiger partial charge in [0.2, 0.25) is 10.0 Å². The lowest BCUT2D eigenvalue weighted by Crippen LogP contribution is -2.26. The molecule has 0 radical (unpaired) electrons. The molecule has 0 saturated heterocycles. The summed E-state index contributed by atoms with van der Waals surface area (Å²) in [6.45, 7) is 2.68. The summed E-state index contributed by atoms with van der Waals surface area (Å²) in [5.41, 5.74) is 1.15. The lowest BCUT2D eigenvalue weighted by atomic mass is 10.1. The number of hydrogen-bond acceptors (Lipinski definition) is 5. The number of sulfonamides is 1. The lowest BCUT2D eigenvalue weighted by molar-refractivity contribution is 0.336. The molecule has 3 aromatic rings. The van der Waals surface area contributed by atoms with E-state index in [9.17, 15) is 13.7 Å². The monoisotopic (exact) mass is 456 g/mol. The van der Waals surface area contributed by atoms with Crippen LogP contribution in [0.1, 0.15) is 18.1 Å². The fourth-order valence-electron chi connectivity index (χ4n) is 2.92. The van der Waals surface area contributed by atoms with Crippen LogP contribution < -0.4 is 14.2 Å². The van der Waals surface area contributed by atoms with E-state index in [-0.39, 0.29) is 22.0 Å². The second kappa shape index (κ2) is 10.3. The van der Waals surface area contributed by atoms with Gasteiger partial charge in [-0.2, -0.15) is 5.26 Å². The van der Waals surface area contributed by atoms with Gasteiger partial charge < -0.3 is 9.47 Å². The highest BCUT2D eigenvalue weighted by Crippen LogP contribution is 2.30. The number of halogens is 1. The first kappa shape index (κ1) is 22.6. The zero-order chi connectivity index (χ0) is 22.3. The van der Waals surface area contributed by atoms with Gasteiger partial charge in [-0.3, -0.25) is 0 Å². The van der Waals surface area contributed by atoms with Gasteiger partial charge in [0.05, 0.1) is 16.5 Å². The Bertz CT molecular complexity index is 1190. The van der Waals surface area contributed by atoms with Crippen molar-refractivity contribution < 1.29 is 17.9 Å². The molecular formula is C23H21ClN2O4S. The first-order valence-electron chi connectivity index (χ1n) is 9.61. The number of ether oxygens (including phenoxy) is 2. The zero-order valence-electron chi connectivity index (χ0n) is 16.8. The van der Waals surface area contributed by atoms with Gasteiger partial charge in [-0.05, 0) is 61.4 Å². The first-order chi connectivity index (χ1) is 14.9. The SMILES string of the molecule is CCOc1ccccc1CCNS(=O)(=O)c1ccc(Oc2cccc(Cl)c2C#N)cc1. The number of para-hydroxylation sites is 1. The van der Waals surface area contributed by atoms with Crippen LogP contribution in [0.2, 0.25) is 5.02 Å². The summed E-state index contributed by atoms with van der Waals surface area (Å²) in [5, 5.41) is 9.52. The van der Waals surface area contributed by atoms with Crippen LogP contribution in [0.15, 0.2) is 71.6 Å². The van der Waals surface area contributed by atoms with E-state index in [1.807, 2.05) is 37.3 Å². The summed E-state index contributed by atoms with van der Waals surface area (Å²) in [6.07, 6.45) is 0.502. The van der Waals surface area contributed by atoms with Gasteiger partial charge in [-0.15, -0.1) is 0 Å². The van der Waals surface area contributed by atoms with Crippen LogP contribution in [0.4, 0.5) is 0 Å². The number of nitriles is 1. The van der Waals surface area contributed by atoms with Crippen molar-refractivity contribution in [2.75, 3.05) is 13.2 Å². The maximum Gasteiger partial charge on any atom is 0.240 e. The van der Waals surface area contributed by atoms with Gasteiger partial charge in [0.15, 0.2) is 0 Å². The molecule has 1 N–H and O–H groups in total. The maximum atomic E-state index is 12.6. The van der Waals surface area contributed by atoms with Crippen molar-refractivity contribution in [1.29, 1.82) is 5.26 Å². The van der Waals surface area contributed by atoms with E-state index in [2.05, 4.69) is 4.72 Å². The highest BCUT2D eigenvalue weighted by atomic mass is 35.5. The van der Waals surface area contributed by atoms with Crippen LogP contribution in [0.25, 0.3) is 0 Å². The fourth-order valence-corrected chi connectivity index (χ4v) is 4.16. The minimum Gasteiger partial charge on any atom is -0.494 e. The Hall–Kier alpha value is -3.05. The van der Waals surface area contributed by atoms with Gasteiger partial charge in [-0.25, -0.2) is 13.1 Å². The Morgan fingerprint density at radius 2 is 1.71 bits per heavy atom. The molecule has 0 aliphatic heterocycles. The molecule has 6 nitrogen and oxygen atoms in total. The van der Waals surface area contributed by atoms with Gasteiger partial charge in [-0.1, -0.05) is 35.9 Å². The normalized spacial score (nSPS) is 11.0. The summed E-state index contributed by atoms with van der Waals surface area (Å²) in [7, 11) is -3.68. The molecule has 0 fully saturated rings. The minimum atomic E-state index is -3.68. The molecule has 160 valence electrons. The summed E-state index contributed by atoms with van der Waals surface area (Å²) >= 11 is 6.00. The summed E-state index contributed by atoms with van der Waals surface area (Å²) in [6, 6.07) is 20.4. The van der Waals surface area contributed by atoms with Crippen molar-refractivity contribution in [3.05, 3.63) is 82.9 Å². The largest absolute Gasteiger partial charge is 0.494 e. The molecule has 3 rings (SSSR count). The van der Waals surface area contributed by atoms with Crippen molar-refractivity contribution in [3.8, 4) is 23.3 Å². The molecule has 0 heterocycles. The standard InChI is InChI=1S/C23H21ClN2O4S/c1-2-29-22-8-4-3-6-17(22)14-15-26-31(27,28)19-12-10-18(11-13-19)30-23-9-5-7-21(24)20(23)16-25/h3-13,26H,2,14-15H2,1H3. The molecule has 0 saturated carbocycles. The minimum absolute atomic E-state index is 0.115. The van der Waals surface area contributed by atoms with Crippen LogP contribution >= 0.6 is 11.6 Å². The molecule has 0 bridgehead atoms. The maximum absolute atomic E-state index is 12.6. The van der Waals surface area contributed by atoms with Crippen molar-refractivity contribution in [2.24, 2.45) is 0 Å². The predicted octanol–water partition coefficient (Wildman–Crippen LogP) is 4.92. The molecule has 0 aliphatic rings. The average Bonchev–Trinajstić information content (AvgIpc) is 2.76. The van der Waals surface area contributed by atoms with E-state index in [0.717, 1.165) is 11.3 Å². The van der Waals surface area contributed by atoms with E-state index in [1.165, 1.54) is 24.3 Å². The zero-order valence-corrected chi connectivity index (χ0v) is 18.4. The quantitative estimate of drug-likeness (QED) is 0.493. The summed E-state index contributed by atoms with van der Waals surface area (Å²) < 4.78 is 39.1. The molecule has 0 atom stereocenters. The number of nitrogens with one attached hydrogen (secondary N) is 1. The van der Waals surface area contributed by atoms with Crippen LogP contribution in [0, 0.1) is 11.3 Å². The van der Waals surface area contributed by atoms with E-state index < -0.39 is 10.0 Å². The van der Waals surface area contributed by atoms with Gasteiger partial charge in [0.1, 0.15) is 28.9 Å². The second-order valence-corrected chi connectivity index (χ2v) is 8.66. The Kier molecular flexibility index (Phi) is 7.53. The number of benzene rings is 3. The topological polar surface area (TPSA) is 88.4 Å². The van der Waals surface area contributed by atoms with Gasteiger partial charge in [0, 0.05) is 6.54 Å². The summed E-state index contributed by atoms with van der Waals surface area (Å²) in [4.78, 5) is 0.115. The highest BCUT2D eigenvalue weighted by molar-refractivity contribution is 7.89. The predicted molar refractivity (Wildman–Crippen MR) is 119 cm³/mol. The third-order valence-electron chi connectivity index (χ3n) is 4.41. The Balaban J connectivity index is 1.65. The van der Waals surface area contributed by atoms with E-state index in [0.29, 0.717) is 24.5 Å². The molecule has 8 heteroatoms. The van der Waals surface area contributed by atoms with Gasteiger partial charge >= 0.3 is 0 Å². The number of nitrogens with zero attached hydrogens (tertiary/aromatic N) is 1. The molecular weight excluding hydrogens is 436 g/mol. The average molecular weight is 457 g/mol. The van der Waals surface area contributed by atoms with Crippen molar-refractivity contribution in [1.82, 2.24) is 4.72 Å². The molecule has 0 aromatic heterocycles. The Morgan fingerprint density at radius 1 is 1.00 bits per heavy atom. The van der Waals surface area contributed by atoms with Crippen molar-refractivity contribution >= 4 is 21.6 Å². The number of rotatable bonds is 9. The third-order valence-corrected chi connectivity index (χ3v) is 6.20. The molecule has 31 heavy (non-hydrogen) atoms.